The molecule has 1 fully saturated rings. The van der Waals surface area contributed by atoms with Gasteiger partial charge in [0.1, 0.15) is 0 Å². The Bertz CT molecular complexity index is 212. The molecule has 1 saturated heterocycles. The highest BCUT2D eigenvalue weighted by Crippen LogP contribution is 2.20. The van der Waals surface area contributed by atoms with Crippen LogP contribution in [0.4, 0.5) is 0 Å². The standard InChI is InChI=1S/C12H23NO3/c1-4-16-12(14)11-5-7-13(8-6-11)10(2)9-15-3/h10-11H,4-9H2,1-3H3. The molecule has 4 heteroatoms. The highest BCUT2D eigenvalue weighted by atomic mass is 16.5. The summed E-state index contributed by atoms with van der Waals surface area (Å²) in [6.45, 7) is 7.19. The predicted octanol–water partition coefficient (Wildman–Crippen LogP) is 1.30. The summed E-state index contributed by atoms with van der Waals surface area (Å²) >= 11 is 0. The van der Waals surface area contributed by atoms with Crippen LogP contribution in [0.15, 0.2) is 0 Å². The van der Waals surface area contributed by atoms with E-state index in [0.717, 1.165) is 32.5 Å². The zero-order valence-electron chi connectivity index (χ0n) is 10.6. The number of hydrogen-bond acceptors (Lipinski definition) is 4. The van der Waals surface area contributed by atoms with Gasteiger partial charge in [0.2, 0.25) is 0 Å². The number of likely N-dealkylation sites (tertiary alicyclic amines) is 1. The lowest BCUT2D eigenvalue weighted by Crippen LogP contribution is -2.43. The average Bonchev–Trinajstić information content (AvgIpc) is 2.30. The number of esters is 1. The molecule has 0 aromatic heterocycles. The average molecular weight is 229 g/mol. The van der Waals surface area contributed by atoms with Gasteiger partial charge in [0, 0.05) is 13.2 Å². The summed E-state index contributed by atoms with van der Waals surface area (Å²) in [6.07, 6.45) is 1.82. The van der Waals surface area contributed by atoms with Crippen molar-refractivity contribution in [2.24, 2.45) is 5.92 Å². The first-order valence-corrected chi connectivity index (χ1v) is 6.08. The number of carbonyl (C=O) groups is 1. The summed E-state index contributed by atoms with van der Waals surface area (Å²) in [7, 11) is 1.72. The van der Waals surface area contributed by atoms with Crippen molar-refractivity contribution < 1.29 is 14.3 Å². The highest BCUT2D eigenvalue weighted by molar-refractivity contribution is 5.72. The minimum Gasteiger partial charge on any atom is -0.466 e. The lowest BCUT2D eigenvalue weighted by Gasteiger charge is -2.34. The monoisotopic (exact) mass is 229 g/mol. The van der Waals surface area contributed by atoms with Crippen LogP contribution in [0.2, 0.25) is 0 Å². The Balaban J connectivity index is 2.30. The second-order valence-electron chi connectivity index (χ2n) is 4.37. The van der Waals surface area contributed by atoms with E-state index < -0.39 is 0 Å². The smallest absolute Gasteiger partial charge is 0.309 e. The number of methoxy groups -OCH3 is 1. The summed E-state index contributed by atoms with van der Waals surface area (Å²) in [6, 6.07) is 0.438. The molecule has 1 rings (SSSR count). The van der Waals surface area contributed by atoms with E-state index >= 15 is 0 Å². The highest BCUT2D eigenvalue weighted by Gasteiger charge is 2.27. The van der Waals surface area contributed by atoms with Crippen molar-refractivity contribution in [2.75, 3.05) is 33.4 Å². The fourth-order valence-electron chi connectivity index (χ4n) is 2.18. The van der Waals surface area contributed by atoms with Crippen molar-refractivity contribution in [2.45, 2.75) is 32.7 Å². The molecule has 4 nitrogen and oxygen atoms in total. The fourth-order valence-corrected chi connectivity index (χ4v) is 2.18. The van der Waals surface area contributed by atoms with Crippen molar-refractivity contribution in [3.8, 4) is 0 Å². The minimum atomic E-state index is -0.0263. The second-order valence-corrected chi connectivity index (χ2v) is 4.37. The van der Waals surface area contributed by atoms with Crippen LogP contribution in [0.1, 0.15) is 26.7 Å². The van der Waals surface area contributed by atoms with E-state index in [1.165, 1.54) is 0 Å². The molecule has 1 heterocycles. The van der Waals surface area contributed by atoms with E-state index in [4.69, 9.17) is 9.47 Å². The van der Waals surface area contributed by atoms with Gasteiger partial charge in [-0.15, -0.1) is 0 Å². The van der Waals surface area contributed by atoms with Crippen LogP contribution < -0.4 is 0 Å². The van der Waals surface area contributed by atoms with Crippen molar-refractivity contribution in [1.82, 2.24) is 4.90 Å². The summed E-state index contributed by atoms with van der Waals surface area (Å²) < 4.78 is 10.2. The van der Waals surface area contributed by atoms with Crippen LogP contribution in [-0.4, -0.2) is 50.3 Å². The van der Waals surface area contributed by atoms with Crippen molar-refractivity contribution in [3.05, 3.63) is 0 Å². The van der Waals surface area contributed by atoms with Crippen LogP contribution in [0.5, 0.6) is 0 Å². The third-order valence-electron chi connectivity index (χ3n) is 3.18. The fraction of sp³-hybridized carbons (Fsp3) is 0.917. The molecule has 0 aliphatic carbocycles. The first-order chi connectivity index (χ1) is 7.69. The normalized spacial score (nSPS) is 20.7. The third kappa shape index (κ3) is 3.76. The Morgan fingerprint density at radius 3 is 2.56 bits per heavy atom. The van der Waals surface area contributed by atoms with Gasteiger partial charge in [0.05, 0.1) is 19.1 Å². The SMILES string of the molecule is CCOC(=O)C1CCN(C(C)COC)CC1. The van der Waals surface area contributed by atoms with Gasteiger partial charge < -0.3 is 9.47 Å². The van der Waals surface area contributed by atoms with Gasteiger partial charge in [-0.3, -0.25) is 9.69 Å². The summed E-state index contributed by atoms with van der Waals surface area (Å²) in [5.74, 6) is 0.0764. The number of piperidine rings is 1. The Hall–Kier alpha value is -0.610. The molecule has 16 heavy (non-hydrogen) atoms. The molecule has 0 bridgehead atoms. The zero-order valence-corrected chi connectivity index (χ0v) is 10.6. The van der Waals surface area contributed by atoms with Crippen LogP contribution in [-0.2, 0) is 14.3 Å². The summed E-state index contributed by atoms with van der Waals surface area (Å²) in [5, 5.41) is 0. The molecule has 0 radical (unpaired) electrons. The first-order valence-electron chi connectivity index (χ1n) is 6.08. The van der Waals surface area contributed by atoms with E-state index in [1.807, 2.05) is 6.92 Å². The lowest BCUT2D eigenvalue weighted by molar-refractivity contribution is -0.149. The Labute approximate surface area is 97.9 Å². The van der Waals surface area contributed by atoms with E-state index in [2.05, 4.69) is 11.8 Å². The van der Waals surface area contributed by atoms with Gasteiger partial charge in [-0.1, -0.05) is 0 Å². The number of rotatable bonds is 5. The van der Waals surface area contributed by atoms with E-state index in [-0.39, 0.29) is 11.9 Å². The molecule has 1 unspecified atom stereocenters. The molecule has 0 saturated carbocycles. The van der Waals surface area contributed by atoms with Gasteiger partial charge in [-0.2, -0.15) is 0 Å². The molecule has 1 aliphatic heterocycles. The maximum absolute atomic E-state index is 11.5. The molecule has 94 valence electrons. The predicted molar refractivity (Wildman–Crippen MR) is 62.3 cm³/mol. The molecular formula is C12H23NO3. The number of nitrogens with zero attached hydrogens (tertiary/aromatic N) is 1. The van der Waals surface area contributed by atoms with Crippen LogP contribution in [0.25, 0.3) is 0 Å². The molecular weight excluding hydrogens is 206 g/mol. The molecule has 1 atom stereocenters. The number of carbonyl (C=O) groups excluding carboxylic acids is 1. The Morgan fingerprint density at radius 1 is 1.44 bits per heavy atom. The largest absolute Gasteiger partial charge is 0.466 e. The van der Waals surface area contributed by atoms with E-state index in [9.17, 15) is 4.79 Å². The quantitative estimate of drug-likeness (QED) is 0.666. The van der Waals surface area contributed by atoms with Gasteiger partial charge in [0.25, 0.3) is 0 Å². The summed E-state index contributed by atoms with van der Waals surface area (Å²) in [5.41, 5.74) is 0. The lowest BCUT2D eigenvalue weighted by atomic mass is 9.96. The summed E-state index contributed by atoms with van der Waals surface area (Å²) in [4.78, 5) is 13.9. The minimum absolute atomic E-state index is 0.0263. The van der Waals surface area contributed by atoms with Crippen molar-refractivity contribution in [3.63, 3.8) is 0 Å². The topological polar surface area (TPSA) is 38.8 Å². The first kappa shape index (κ1) is 13.5. The van der Waals surface area contributed by atoms with Crippen molar-refractivity contribution >= 4 is 5.97 Å². The molecule has 0 N–H and O–H groups in total. The Morgan fingerprint density at radius 2 is 2.06 bits per heavy atom. The molecule has 0 spiro atoms. The maximum Gasteiger partial charge on any atom is 0.309 e. The van der Waals surface area contributed by atoms with E-state index in [0.29, 0.717) is 12.6 Å². The molecule has 0 aromatic rings. The number of ether oxygens (including phenoxy) is 2. The van der Waals surface area contributed by atoms with Crippen LogP contribution in [0, 0.1) is 5.92 Å². The third-order valence-corrected chi connectivity index (χ3v) is 3.18. The number of hydrogen-bond donors (Lipinski definition) is 0. The maximum atomic E-state index is 11.5. The van der Waals surface area contributed by atoms with Crippen LogP contribution in [0.3, 0.4) is 0 Å². The van der Waals surface area contributed by atoms with Gasteiger partial charge in [-0.25, -0.2) is 0 Å². The Kier molecular flexibility index (Phi) is 5.77. The van der Waals surface area contributed by atoms with Gasteiger partial charge in [-0.05, 0) is 39.8 Å². The second kappa shape index (κ2) is 6.86. The molecule has 0 aromatic carbocycles. The molecule has 1 aliphatic rings. The zero-order chi connectivity index (χ0) is 12.0. The van der Waals surface area contributed by atoms with E-state index in [1.54, 1.807) is 7.11 Å². The molecule has 0 amide bonds. The van der Waals surface area contributed by atoms with Crippen LogP contribution >= 0.6 is 0 Å². The van der Waals surface area contributed by atoms with Gasteiger partial charge >= 0.3 is 5.97 Å². The van der Waals surface area contributed by atoms with Crippen molar-refractivity contribution in [1.29, 1.82) is 0 Å². The van der Waals surface area contributed by atoms with Gasteiger partial charge in [0.15, 0.2) is 0 Å².